The summed E-state index contributed by atoms with van der Waals surface area (Å²) in [5.74, 6) is 0. The van der Waals surface area contributed by atoms with Crippen LogP contribution in [0.4, 0.5) is 5.69 Å². The Bertz CT molecular complexity index is 724. The molecule has 0 spiro atoms. The molecular weight excluding hydrogens is 276 g/mol. The van der Waals surface area contributed by atoms with Gasteiger partial charge in [-0.15, -0.1) is 0 Å². The minimum atomic E-state index is -0.00186. The zero-order chi connectivity index (χ0) is 15.2. The molecule has 112 valence electrons. The van der Waals surface area contributed by atoms with Crippen LogP contribution < -0.4 is 5.32 Å². The molecule has 0 bridgehead atoms. The lowest BCUT2D eigenvalue weighted by Gasteiger charge is -2.08. The van der Waals surface area contributed by atoms with Gasteiger partial charge in [0.1, 0.15) is 0 Å². The summed E-state index contributed by atoms with van der Waals surface area (Å²) >= 11 is 0. The summed E-state index contributed by atoms with van der Waals surface area (Å²) in [5, 5.41) is 17.0. The van der Waals surface area contributed by atoms with Crippen molar-refractivity contribution in [3.05, 3.63) is 77.9 Å². The van der Waals surface area contributed by atoms with Gasteiger partial charge in [0.2, 0.25) is 0 Å². The number of rotatable bonds is 6. The quantitative estimate of drug-likeness (QED) is 0.733. The molecule has 0 saturated heterocycles. The van der Waals surface area contributed by atoms with Crippen LogP contribution in [-0.2, 0) is 19.7 Å². The largest absolute Gasteiger partial charge is 0.392 e. The SMILES string of the molecule is OCc1ccncc1NCc1cnn(Cc2ccccc2)c1. The number of aliphatic hydroxyl groups excluding tert-OH is 1. The van der Waals surface area contributed by atoms with Crippen molar-refractivity contribution in [3.63, 3.8) is 0 Å². The second kappa shape index (κ2) is 6.87. The van der Waals surface area contributed by atoms with Crippen molar-refractivity contribution in [2.24, 2.45) is 0 Å². The van der Waals surface area contributed by atoms with E-state index in [0.29, 0.717) is 6.54 Å². The molecule has 2 N–H and O–H groups in total. The lowest BCUT2D eigenvalue weighted by molar-refractivity contribution is 0.282. The van der Waals surface area contributed by atoms with Gasteiger partial charge in [0, 0.05) is 30.1 Å². The fourth-order valence-electron chi connectivity index (χ4n) is 2.27. The number of hydrogen-bond acceptors (Lipinski definition) is 4. The lowest BCUT2D eigenvalue weighted by atomic mass is 10.2. The monoisotopic (exact) mass is 294 g/mol. The molecule has 0 fully saturated rings. The number of nitrogens with zero attached hydrogens (tertiary/aromatic N) is 3. The summed E-state index contributed by atoms with van der Waals surface area (Å²) in [6.07, 6.45) is 7.27. The summed E-state index contributed by atoms with van der Waals surface area (Å²) < 4.78 is 1.92. The topological polar surface area (TPSA) is 63.0 Å². The number of nitrogens with one attached hydrogen (secondary N) is 1. The summed E-state index contributed by atoms with van der Waals surface area (Å²) in [6, 6.07) is 12.0. The molecule has 5 heteroatoms. The van der Waals surface area contributed by atoms with Crippen molar-refractivity contribution < 1.29 is 5.11 Å². The van der Waals surface area contributed by atoms with Gasteiger partial charge in [-0.2, -0.15) is 5.10 Å². The van der Waals surface area contributed by atoms with Crippen LogP contribution >= 0.6 is 0 Å². The van der Waals surface area contributed by atoms with E-state index in [1.807, 2.05) is 35.3 Å². The van der Waals surface area contributed by atoms with E-state index in [9.17, 15) is 5.11 Å². The molecule has 0 radical (unpaired) electrons. The molecule has 3 aromatic rings. The average molecular weight is 294 g/mol. The molecule has 0 aliphatic carbocycles. The van der Waals surface area contributed by atoms with Crippen LogP contribution in [0.2, 0.25) is 0 Å². The maximum Gasteiger partial charge on any atom is 0.0703 e. The molecule has 0 atom stereocenters. The van der Waals surface area contributed by atoms with Gasteiger partial charge in [0.25, 0.3) is 0 Å². The van der Waals surface area contributed by atoms with Crippen molar-refractivity contribution in [2.75, 3.05) is 5.32 Å². The van der Waals surface area contributed by atoms with Crippen LogP contribution in [0.1, 0.15) is 16.7 Å². The number of aromatic nitrogens is 3. The first kappa shape index (κ1) is 14.3. The molecule has 3 rings (SSSR count). The zero-order valence-corrected chi connectivity index (χ0v) is 12.2. The third kappa shape index (κ3) is 3.51. The number of pyridine rings is 1. The Hall–Kier alpha value is -2.66. The minimum Gasteiger partial charge on any atom is -0.392 e. The first-order chi connectivity index (χ1) is 10.8. The van der Waals surface area contributed by atoms with Gasteiger partial charge < -0.3 is 10.4 Å². The summed E-state index contributed by atoms with van der Waals surface area (Å²) in [5.41, 5.74) is 4.00. The summed E-state index contributed by atoms with van der Waals surface area (Å²) in [6.45, 7) is 1.40. The Balaban J connectivity index is 1.62. The highest BCUT2D eigenvalue weighted by molar-refractivity contribution is 5.48. The van der Waals surface area contributed by atoms with E-state index in [-0.39, 0.29) is 6.61 Å². The predicted octanol–water partition coefficient (Wildman–Crippen LogP) is 2.43. The van der Waals surface area contributed by atoms with Crippen LogP contribution in [0.3, 0.4) is 0 Å². The molecule has 0 saturated carbocycles. The highest BCUT2D eigenvalue weighted by Crippen LogP contribution is 2.14. The van der Waals surface area contributed by atoms with Crippen molar-refractivity contribution in [3.8, 4) is 0 Å². The van der Waals surface area contributed by atoms with Crippen molar-refractivity contribution in [1.82, 2.24) is 14.8 Å². The van der Waals surface area contributed by atoms with Gasteiger partial charge in [-0.3, -0.25) is 9.67 Å². The Morgan fingerprint density at radius 2 is 1.91 bits per heavy atom. The second-order valence-corrected chi connectivity index (χ2v) is 5.08. The number of hydrogen-bond donors (Lipinski definition) is 2. The first-order valence-corrected chi connectivity index (χ1v) is 7.18. The van der Waals surface area contributed by atoms with E-state index in [4.69, 9.17) is 0 Å². The fraction of sp³-hybridized carbons (Fsp3) is 0.176. The Labute approximate surface area is 129 Å². The molecule has 22 heavy (non-hydrogen) atoms. The van der Waals surface area contributed by atoms with E-state index in [0.717, 1.165) is 23.4 Å². The van der Waals surface area contributed by atoms with Gasteiger partial charge in [-0.05, 0) is 11.6 Å². The standard InChI is InChI=1S/C17H18N4O/c22-13-16-6-7-18-10-17(16)19-8-15-9-20-21(12-15)11-14-4-2-1-3-5-14/h1-7,9-10,12,19,22H,8,11,13H2. The number of benzene rings is 1. The molecule has 0 aliphatic rings. The summed E-state index contributed by atoms with van der Waals surface area (Å²) in [7, 11) is 0. The van der Waals surface area contributed by atoms with E-state index in [1.165, 1.54) is 5.56 Å². The number of aliphatic hydroxyl groups is 1. The van der Waals surface area contributed by atoms with Crippen LogP contribution in [0.5, 0.6) is 0 Å². The molecule has 2 aromatic heterocycles. The fourth-order valence-corrected chi connectivity index (χ4v) is 2.27. The third-order valence-electron chi connectivity index (χ3n) is 3.44. The maximum absolute atomic E-state index is 9.30. The second-order valence-electron chi connectivity index (χ2n) is 5.08. The summed E-state index contributed by atoms with van der Waals surface area (Å²) in [4.78, 5) is 4.07. The lowest BCUT2D eigenvalue weighted by Crippen LogP contribution is -2.03. The zero-order valence-electron chi connectivity index (χ0n) is 12.2. The van der Waals surface area contributed by atoms with Crippen LogP contribution in [0.15, 0.2) is 61.2 Å². The number of anilines is 1. The van der Waals surface area contributed by atoms with Gasteiger partial charge in [-0.25, -0.2) is 0 Å². The normalized spacial score (nSPS) is 10.6. The molecule has 0 amide bonds. The van der Waals surface area contributed by atoms with Crippen LogP contribution in [0.25, 0.3) is 0 Å². The van der Waals surface area contributed by atoms with Crippen molar-refractivity contribution >= 4 is 5.69 Å². The van der Waals surface area contributed by atoms with Crippen LogP contribution in [0, 0.1) is 0 Å². The Morgan fingerprint density at radius 1 is 1.05 bits per heavy atom. The minimum absolute atomic E-state index is 0.00186. The third-order valence-corrected chi connectivity index (χ3v) is 3.44. The van der Waals surface area contributed by atoms with E-state index < -0.39 is 0 Å². The molecular formula is C17H18N4O. The molecule has 2 heterocycles. The highest BCUT2D eigenvalue weighted by atomic mass is 16.3. The van der Waals surface area contributed by atoms with E-state index in [2.05, 4.69) is 27.5 Å². The Kier molecular flexibility index (Phi) is 4.46. The smallest absolute Gasteiger partial charge is 0.0703 e. The average Bonchev–Trinajstić information content (AvgIpc) is 3.01. The molecule has 0 unspecified atom stereocenters. The molecule has 5 nitrogen and oxygen atoms in total. The van der Waals surface area contributed by atoms with Gasteiger partial charge >= 0.3 is 0 Å². The molecule has 0 aliphatic heterocycles. The van der Waals surface area contributed by atoms with E-state index in [1.54, 1.807) is 18.5 Å². The van der Waals surface area contributed by atoms with E-state index >= 15 is 0 Å². The van der Waals surface area contributed by atoms with Crippen molar-refractivity contribution in [1.29, 1.82) is 0 Å². The Morgan fingerprint density at radius 3 is 2.73 bits per heavy atom. The predicted molar refractivity (Wildman–Crippen MR) is 85.3 cm³/mol. The highest BCUT2D eigenvalue weighted by Gasteiger charge is 2.03. The van der Waals surface area contributed by atoms with Crippen molar-refractivity contribution in [2.45, 2.75) is 19.7 Å². The van der Waals surface area contributed by atoms with Crippen LogP contribution in [-0.4, -0.2) is 19.9 Å². The first-order valence-electron chi connectivity index (χ1n) is 7.18. The maximum atomic E-state index is 9.30. The molecule has 1 aromatic carbocycles. The van der Waals surface area contributed by atoms with Gasteiger partial charge in [0.05, 0.1) is 31.2 Å². The van der Waals surface area contributed by atoms with Gasteiger partial charge in [-0.1, -0.05) is 30.3 Å². The van der Waals surface area contributed by atoms with Gasteiger partial charge in [0.15, 0.2) is 0 Å².